The average Bonchev–Trinajstić information content (AvgIpc) is 2.43. The van der Waals surface area contributed by atoms with Crippen LogP contribution in [-0.2, 0) is 11.8 Å². The highest BCUT2D eigenvalue weighted by atomic mass is 16.5. The lowest BCUT2D eigenvalue weighted by molar-refractivity contribution is -0.138. The quantitative estimate of drug-likeness (QED) is 0.928. The van der Waals surface area contributed by atoms with Crippen molar-refractivity contribution in [1.82, 2.24) is 4.57 Å². The van der Waals surface area contributed by atoms with Gasteiger partial charge >= 0.3 is 5.97 Å². The molecule has 1 aromatic heterocycles. The van der Waals surface area contributed by atoms with Crippen molar-refractivity contribution in [3.63, 3.8) is 0 Å². The molecule has 1 atom stereocenters. The molecule has 0 bridgehead atoms. The van der Waals surface area contributed by atoms with Crippen LogP contribution in [0.15, 0.2) is 29.1 Å². The van der Waals surface area contributed by atoms with E-state index in [2.05, 4.69) is 0 Å². The molecule has 0 fully saturated rings. The lowest BCUT2D eigenvalue weighted by atomic mass is 9.92. The van der Waals surface area contributed by atoms with Gasteiger partial charge in [0.25, 0.3) is 5.56 Å². The van der Waals surface area contributed by atoms with Crippen molar-refractivity contribution < 1.29 is 14.6 Å². The van der Waals surface area contributed by atoms with Crippen LogP contribution >= 0.6 is 0 Å². The number of fused-ring (bicyclic) bond motifs is 1. The molecular formula is C15H17NO4. The number of carbonyl (C=O) groups is 1. The van der Waals surface area contributed by atoms with Crippen LogP contribution in [0, 0.1) is 0 Å². The van der Waals surface area contributed by atoms with Crippen LogP contribution in [0.4, 0.5) is 0 Å². The molecule has 1 aromatic carbocycles. The van der Waals surface area contributed by atoms with Crippen LogP contribution in [0.5, 0.6) is 5.75 Å². The Labute approximate surface area is 116 Å². The number of ether oxygens (including phenoxy) is 1. The third kappa shape index (κ3) is 2.15. The molecule has 0 saturated heterocycles. The number of hydrogen-bond acceptors (Lipinski definition) is 3. The molecule has 5 nitrogen and oxygen atoms in total. The standard InChI is InChI=1S/C15H17NO4/c1-4-9(15(18)19)10-5-7-12(20-3)14-11(10)6-8-13(17)16(14)2/h5-9H,4H2,1-3H3,(H,18,19). The molecule has 0 aliphatic rings. The van der Waals surface area contributed by atoms with E-state index in [9.17, 15) is 14.7 Å². The Morgan fingerprint density at radius 3 is 2.60 bits per heavy atom. The predicted octanol–water partition coefficient (Wildman–Crippen LogP) is 2.13. The molecule has 0 saturated carbocycles. The van der Waals surface area contributed by atoms with Crippen molar-refractivity contribution in [2.45, 2.75) is 19.3 Å². The van der Waals surface area contributed by atoms with E-state index >= 15 is 0 Å². The first kappa shape index (κ1) is 14.1. The number of aromatic nitrogens is 1. The van der Waals surface area contributed by atoms with Crippen molar-refractivity contribution in [2.75, 3.05) is 7.11 Å². The van der Waals surface area contributed by atoms with Crippen LogP contribution in [-0.4, -0.2) is 22.8 Å². The zero-order valence-corrected chi connectivity index (χ0v) is 11.7. The third-order valence-corrected chi connectivity index (χ3v) is 3.57. The van der Waals surface area contributed by atoms with Gasteiger partial charge in [-0.1, -0.05) is 13.0 Å². The van der Waals surface area contributed by atoms with E-state index in [1.54, 1.807) is 25.2 Å². The monoisotopic (exact) mass is 275 g/mol. The summed E-state index contributed by atoms with van der Waals surface area (Å²) in [7, 11) is 3.18. The highest BCUT2D eigenvalue weighted by Crippen LogP contribution is 2.32. The maximum atomic E-state index is 11.8. The molecule has 5 heteroatoms. The lowest BCUT2D eigenvalue weighted by Gasteiger charge is -2.17. The summed E-state index contributed by atoms with van der Waals surface area (Å²) in [6.07, 6.45) is 0.486. The van der Waals surface area contributed by atoms with Gasteiger partial charge in [0.05, 0.1) is 18.5 Å². The molecule has 1 heterocycles. The lowest BCUT2D eigenvalue weighted by Crippen LogP contribution is -2.17. The minimum Gasteiger partial charge on any atom is -0.495 e. The Hall–Kier alpha value is -2.30. The smallest absolute Gasteiger partial charge is 0.310 e. The van der Waals surface area contributed by atoms with Gasteiger partial charge in [0.15, 0.2) is 0 Å². The molecule has 1 unspecified atom stereocenters. The number of nitrogens with zero attached hydrogens (tertiary/aromatic N) is 1. The second-order valence-corrected chi connectivity index (χ2v) is 4.65. The fraction of sp³-hybridized carbons (Fsp3) is 0.333. The number of pyridine rings is 1. The van der Waals surface area contributed by atoms with Gasteiger partial charge in [0, 0.05) is 18.5 Å². The molecule has 20 heavy (non-hydrogen) atoms. The number of benzene rings is 1. The number of aryl methyl sites for hydroxylation is 1. The fourth-order valence-electron chi connectivity index (χ4n) is 2.50. The number of aliphatic carboxylic acids is 1. The van der Waals surface area contributed by atoms with Crippen LogP contribution in [0.25, 0.3) is 10.9 Å². The minimum atomic E-state index is -0.868. The first-order chi connectivity index (χ1) is 9.51. The van der Waals surface area contributed by atoms with Gasteiger partial charge in [-0.25, -0.2) is 0 Å². The molecule has 2 aromatic rings. The highest BCUT2D eigenvalue weighted by Gasteiger charge is 2.21. The van der Waals surface area contributed by atoms with Crippen LogP contribution in [0.1, 0.15) is 24.8 Å². The number of carboxylic acids is 1. The van der Waals surface area contributed by atoms with Gasteiger partial charge in [0.1, 0.15) is 5.75 Å². The Bertz CT molecular complexity index is 718. The van der Waals surface area contributed by atoms with Gasteiger partial charge < -0.3 is 14.4 Å². The van der Waals surface area contributed by atoms with E-state index in [1.165, 1.54) is 17.7 Å². The number of rotatable bonds is 4. The van der Waals surface area contributed by atoms with E-state index in [1.807, 2.05) is 6.92 Å². The number of hydrogen-bond donors (Lipinski definition) is 1. The average molecular weight is 275 g/mol. The van der Waals surface area contributed by atoms with E-state index < -0.39 is 11.9 Å². The van der Waals surface area contributed by atoms with Crippen molar-refractivity contribution >= 4 is 16.9 Å². The first-order valence-electron chi connectivity index (χ1n) is 6.40. The van der Waals surface area contributed by atoms with E-state index in [-0.39, 0.29) is 5.56 Å². The summed E-state index contributed by atoms with van der Waals surface area (Å²) in [6.45, 7) is 1.83. The third-order valence-electron chi connectivity index (χ3n) is 3.57. The molecule has 2 rings (SSSR count). The predicted molar refractivity (Wildman–Crippen MR) is 76.4 cm³/mol. The molecule has 0 amide bonds. The molecule has 0 aliphatic heterocycles. The fourth-order valence-corrected chi connectivity index (χ4v) is 2.50. The molecule has 106 valence electrons. The summed E-state index contributed by atoms with van der Waals surface area (Å²) < 4.78 is 6.76. The van der Waals surface area contributed by atoms with Gasteiger partial charge in [-0.2, -0.15) is 0 Å². The summed E-state index contributed by atoms with van der Waals surface area (Å²) in [4.78, 5) is 23.2. The molecule has 0 aliphatic carbocycles. The summed E-state index contributed by atoms with van der Waals surface area (Å²) in [6, 6.07) is 6.58. The SMILES string of the molecule is CCC(C(=O)O)c1ccc(OC)c2c1ccc(=O)n2C. The topological polar surface area (TPSA) is 68.5 Å². The van der Waals surface area contributed by atoms with Gasteiger partial charge in [0.2, 0.25) is 0 Å². The zero-order chi connectivity index (χ0) is 14.9. The second-order valence-electron chi connectivity index (χ2n) is 4.65. The van der Waals surface area contributed by atoms with Crippen molar-refractivity contribution in [3.05, 3.63) is 40.2 Å². The van der Waals surface area contributed by atoms with E-state index in [0.29, 0.717) is 23.3 Å². The molecular weight excluding hydrogens is 258 g/mol. The maximum Gasteiger partial charge on any atom is 0.310 e. The summed E-state index contributed by atoms with van der Waals surface area (Å²) in [5.74, 6) is -0.905. The van der Waals surface area contributed by atoms with Crippen molar-refractivity contribution in [2.24, 2.45) is 7.05 Å². The van der Waals surface area contributed by atoms with Crippen LogP contribution in [0.2, 0.25) is 0 Å². The summed E-state index contributed by atoms with van der Waals surface area (Å²) >= 11 is 0. The summed E-state index contributed by atoms with van der Waals surface area (Å²) in [5.41, 5.74) is 1.17. The van der Waals surface area contributed by atoms with E-state index in [0.717, 1.165) is 5.39 Å². The van der Waals surface area contributed by atoms with Crippen molar-refractivity contribution in [1.29, 1.82) is 0 Å². The number of methoxy groups -OCH3 is 1. The maximum absolute atomic E-state index is 11.8. The summed E-state index contributed by atoms with van der Waals surface area (Å²) in [5, 5.41) is 10.1. The van der Waals surface area contributed by atoms with Gasteiger partial charge in [-0.3, -0.25) is 9.59 Å². The Balaban J connectivity index is 2.86. The highest BCUT2D eigenvalue weighted by molar-refractivity contribution is 5.92. The van der Waals surface area contributed by atoms with Crippen LogP contribution in [0.3, 0.4) is 0 Å². The Morgan fingerprint density at radius 2 is 2.05 bits per heavy atom. The van der Waals surface area contributed by atoms with Crippen molar-refractivity contribution in [3.8, 4) is 5.75 Å². The largest absolute Gasteiger partial charge is 0.495 e. The minimum absolute atomic E-state index is 0.156. The Kier molecular flexibility index (Phi) is 3.79. The molecule has 0 radical (unpaired) electrons. The van der Waals surface area contributed by atoms with Crippen LogP contribution < -0.4 is 10.3 Å². The van der Waals surface area contributed by atoms with Gasteiger partial charge in [-0.15, -0.1) is 0 Å². The normalized spacial score (nSPS) is 12.3. The molecule has 1 N–H and O–H groups in total. The van der Waals surface area contributed by atoms with E-state index in [4.69, 9.17) is 4.74 Å². The second kappa shape index (κ2) is 5.36. The number of carboxylic acid groups (broad SMARTS) is 1. The van der Waals surface area contributed by atoms with Gasteiger partial charge in [-0.05, 0) is 24.1 Å². The first-order valence-corrected chi connectivity index (χ1v) is 6.40. The zero-order valence-electron chi connectivity index (χ0n) is 11.7. The Morgan fingerprint density at radius 1 is 1.35 bits per heavy atom. The molecule has 0 spiro atoms.